The SMILES string of the molecule is Cc1nn(COCC[SiH](C)C)cc1-c1n[nH]c(N)c1C#N. The number of anilines is 1. The minimum atomic E-state index is -0.577. The summed E-state index contributed by atoms with van der Waals surface area (Å²) < 4.78 is 7.33. The summed E-state index contributed by atoms with van der Waals surface area (Å²) in [6.45, 7) is 7.63. The van der Waals surface area contributed by atoms with Crippen LogP contribution < -0.4 is 5.73 Å². The zero-order valence-electron chi connectivity index (χ0n) is 12.6. The maximum atomic E-state index is 9.13. The summed E-state index contributed by atoms with van der Waals surface area (Å²) in [5.41, 5.74) is 8.16. The zero-order chi connectivity index (χ0) is 15.4. The highest BCUT2D eigenvalue weighted by Gasteiger charge is 2.17. The molecule has 2 rings (SSSR count). The Morgan fingerprint density at radius 1 is 1.52 bits per heavy atom. The first kappa shape index (κ1) is 15.3. The molecular formula is C13H20N6OSi. The van der Waals surface area contributed by atoms with Crippen molar-refractivity contribution >= 4 is 14.6 Å². The van der Waals surface area contributed by atoms with Crippen molar-refractivity contribution < 1.29 is 4.74 Å². The van der Waals surface area contributed by atoms with Crippen LogP contribution in [0.2, 0.25) is 19.1 Å². The molecule has 0 aliphatic carbocycles. The predicted molar refractivity (Wildman–Crippen MR) is 83.3 cm³/mol. The van der Waals surface area contributed by atoms with Gasteiger partial charge in [0.25, 0.3) is 0 Å². The quantitative estimate of drug-likeness (QED) is 0.621. The number of nitrogens with two attached hydrogens (primary N) is 1. The van der Waals surface area contributed by atoms with Gasteiger partial charge < -0.3 is 10.5 Å². The third-order valence-electron chi connectivity index (χ3n) is 3.17. The minimum absolute atomic E-state index is 0.276. The average Bonchev–Trinajstić information content (AvgIpc) is 2.97. The third kappa shape index (κ3) is 3.51. The molecule has 8 heteroatoms. The Morgan fingerprint density at radius 2 is 2.29 bits per heavy atom. The van der Waals surface area contributed by atoms with Crippen molar-refractivity contribution in [3.05, 3.63) is 17.5 Å². The molecule has 21 heavy (non-hydrogen) atoms. The van der Waals surface area contributed by atoms with Crippen LogP contribution >= 0.6 is 0 Å². The van der Waals surface area contributed by atoms with E-state index in [-0.39, 0.29) is 5.82 Å². The Labute approximate surface area is 125 Å². The maximum absolute atomic E-state index is 9.13. The van der Waals surface area contributed by atoms with E-state index < -0.39 is 8.80 Å². The number of hydrogen-bond acceptors (Lipinski definition) is 5. The van der Waals surface area contributed by atoms with Gasteiger partial charge in [0.15, 0.2) is 0 Å². The van der Waals surface area contributed by atoms with E-state index in [4.69, 9.17) is 15.7 Å². The molecule has 0 bridgehead atoms. The first-order valence-corrected chi connectivity index (χ1v) is 10.0. The first-order chi connectivity index (χ1) is 10.0. The fourth-order valence-electron chi connectivity index (χ4n) is 1.96. The van der Waals surface area contributed by atoms with Crippen molar-refractivity contribution in [1.82, 2.24) is 20.0 Å². The Morgan fingerprint density at radius 3 is 2.95 bits per heavy atom. The highest BCUT2D eigenvalue weighted by atomic mass is 28.3. The maximum Gasteiger partial charge on any atom is 0.139 e. The van der Waals surface area contributed by atoms with Gasteiger partial charge in [0.05, 0.1) is 5.69 Å². The second kappa shape index (κ2) is 6.56. The number of aromatic amines is 1. The third-order valence-corrected chi connectivity index (χ3v) is 4.56. The van der Waals surface area contributed by atoms with E-state index in [1.165, 1.54) is 0 Å². The van der Waals surface area contributed by atoms with Gasteiger partial charge in [0.1, 0.15) is 29.9 Å². The van der Waals surface area contributed by atoms with Gasteiger partial charge in [0.2, 0.25) is 0 Å². The Balaban J connectivity index is 2.11. The lowest BCUT2D eigenvalue weighted by molar-refractivity contribution is 0.0787. The van der Waals surface area contributed by atoms with Crippen LogP contribution in [0.1, 0.15) is 11.3 Å². The van der Waals surface area contributed by atoms with Crippen molar-refractivity contribution in [2.45, 2.75) is 32.8 Å². The van der Waals surface area contributed by atoms with E-state index in [0.717, 1.165) is 23.9 Å². The number of nitrogens with one attached hydrogen (secondary N) is 1. The molecule has 7 nitrogen and oxygen atoms in total. The molecule has 0 atom stereocenters. The number of nitrogens with zero attached hydrogens (tertiary/aromatic N) is 4. The molecule has 2 aromatic heterocycles. The second-order valence-corrected chi connectivity index (χ2v) is 8.73. The Kier molecular flexibility index (Phi) is 4.77. The molecule has 0 spiro atoms. The van der Waals surface area contributed by atoms with Crippen molar-refractivity contribution in [1.29, 1.82) is 5.26 Å². The second-order valence-electron chi connectivity index (χ2n) is 5.36. The molecule has 0 amide bonds. The lowest BCUT2D eigenvalue weighted by Gasteiger charge is -2.05. The summed E-state index contributed by atoms with van der Waals surface area (Å²) in [7, 11) is -0.577. The Bertz CT molecular complexity index is 654. The molecule has 0 unspecified atom stereocenters. The smallest absolute Gasteiger partial charge is 0.139 e. The van der Waals surface area contributed by atoms with Crippen molar-refractivity contribution in [3.63, 3.8) is 0 Å². The van der Waals surface area contributed by atoms with Crippen LogP contribution in [0.25, 0.3) is 11.3 Å². The molecule has 0 saturated carbocycles. The normalized spacial score (nSPS) is 11.0. The van der Waals surface area contributed by atoms with E-state index in [0.29, 0.717) is 18.0 Å². The summed E-state index contributed by atoms with van der Waals surface area (Å²) in [5, 5.41) is 20.2. The van der Waals surface area contributed by atoms with Gasteiger partial charge in [-0.2, -0.15) is 15.5 Å². The van der Waals surface area contributed by atoms with Gasteiger partial charge in [-0.05, 0) is 13.0 Å². The van der Waals surface area contributed by atoms with E-state index >= 15 is 0 Å². The van der Waals surface area contributed by atoms with Crippen LogP contribution in [-0.4, -0.2) is 35.4 Å². The van der Waals surface area contributed by atoms with Crippen LogP contribution in [0.4, 0.5) is 5.82 Å². The molecule has 0 aromatic carbocycles. The number of H-pyrrole nitrogens is 1. The van der Waals surface area contributed by atoms with Gasteiger partial charge >= 0.3 is 0 Å². The van der Waals surface area contributed by atoms with Gasteiger partial charge in [0, 0.05) is 27.2 Å². The van der Waals surface area contributed by atoms with E-state index in [9.17, 15) is 0 Å². The fourth-order valence-corrected chi connectivity index (χ4v) is 2.60. The number of nitrogen functional groups attached to an aromatic ring is 1. The monoisotopic (exact) mass is 304 g/mol. The van der Waals surface area contributed by atoms with Gasteiger partial charge in [-0.1, -0.05) is 13.1 Å². The highest BCUT2D eigenvalue weighted by Crippen LogP contribution is 2.26. The van der Waals surface area contributed by atoms with E-state index in [2.05, 4.69) is 34.5 Å². The Hall–Kier alpha value is -2.11. The molecule has 112 valence electrons. The summed E-state index contributed by atoms with van der Waals surface area (Å²) in [4.78, 5) is 0. The average molecular weight is 304 g/mol. The topological polar surface area (TPSA) is 106 Å². The molecule has 0 aliphatic heterocycles. The predicted octanol–water partition coefficient (Wildman–Crippen LogP) is 1.50. The number of aromatic nitrogens is 4. The highest BCUT2D eigenvalue weighted by molar-refractivity contribution is 6.55. The molecule has 0 saturated heterocycles. The molecular weight excluding hydrogens is 284 g/mol. The fraction of sp³-hybridized carbons (Fsp3) is 0.462. The lowest BCUT2D eigenvalue weighted by Crippen LogP contribution is -2.08. The first-order valence-electron chi connectivity index (χ1n) is 6.89. The molecule has 0 radical (unpaired) electrons. The number of nitriles is 1. The van der Waals surface area contributed by atoms with Gasteiger partial charge in [-0.3, -0.25) is 5.10 Å². The number of rotatable bonds is 6. The number of aryl methyl sites for hydroxylation is 1. The van der Waals surface area contributed by atoms with E-state index in [1.807, 2.05) is 13.1 Å². The van der Waals surface area contributed by atoms with E-state index in [1.54, 1.807) is 4.68 Å². The molecule has 3 N–H and O–H groups in total. The number of hydrogen-bond donors (Lipinski definition) is 2. The molecule has 0 fully saturated rings. The summed E-state index contributed by atoms with van der Waals surface area (Å²) in [5.74, 6) is 0.276. The summed E-state index contributed by atoms with van der Waals surface area (Å²) in [6.07, 6.45) is 1.83. The van der Waals surface area contributed by atoms with Crippen molar-refractivity contribution in [3.8, 4) is 17.3 Å². The summed E-state index contributed by atoms with van der Waals surface area (Å²) >= 11 is 0. The van der Waals surface area contributed by atoms with Crippen LogP contribution in [-0.2, 0) is 11.5 Å². The van der Waals surface area contributed by atoms with Crippen LogP contribution in [0, 0.1) is 18.3 Å². The number of ether oxygens (including phenoxy) is 1. The largest absolute Gasteiger partial charge is 0.383 e. The van der Waals surface area contributed by atoms with Crippen LogP contribution in [0.5, 0.6) is 0 Å². The standard InChI is InChI=1S/C13H20N6OSi/c1-9-11(12-10(6-14)13(15)17-16-12)7-19(18-9)8-20-4-5-21(2)3/h7,21H,4-5,8H2,1-3H3,(H3,15,16,17). The van der Waals surface area contributed by atoms with Crippen LogP contribution in [0.3, 0.4) is 0 Å². The van der Waals surface area contributed by atoms with Crippen molar-refractivity contribution in [2.75, 3.05) is 12.3 Å². The molecule has 2 aromatic rings. The zero-order valence-corrected chi connectivity index (χ0v) is 13.7. The molecule has 2 heterocycles. The van der Waals surface area contributed by atoms with Crippen molar-refractivity contribution in [2.24, 2.45) is 0 Å². The van der Waals surface area contributed by atoms with Gasteiger partial charge in [-0.15, -0.1) is 0 Å². The summed E-state index contributed by atoms with van der Waals surface area (Å²) in [6, 6.07) is 3.22. The molecule has 0 aliphatic rings. The minimum Gasteiger partial charge on any atom is -0.383 e. The lowest BCUT2D eigenvalue weighted by atomic mass is 10.1. The van der Waals surface area contributed by atoms with Gasteiger partial charge in [-0.25, -0.2) is 4.68 Å². The van der Waals surface area contributed by atoms with Crippen LogP contribution in [0.15, 0.2) is 6.20 Å².